The van der Waals surface area contributed by atoms with Gasteiger partial charge in [0.15, 0.2) is 0 Å². The van der Waals surface area contributed by atoms with E-state index in [1.807, 2.05) is 22.4 Å². The molecule has 8 heteroatoms. The van der Waals surface area contributed by atoms with Crippen LogP contribution in [0.3, 0.4) is 0 Å². The summed E-state index contributed by atoms with van der Waals surface area (Å²) in [5, 5.41) is 13.1. The lowest BCUT2D eigenvalue weighted by molar-refractivity contribution is -0.384. The molecule has 0 radical (unpaired) electrons. The summed E-state index contributed by atoms with van der Waals surface area (Å²) in [7, 11) is 0. The van der Waals surface area contributed by atoms with Crippen LogP contribution in [0.1, 0.15) is 17.7 Å². The van der Waals surface area contributed by atoms with Crippen molar-refractivity contribution in [3.05, 3.63) is 38.7 Å². The van der Waals surface area contributed by atoms with Crippen LogP contribution in [0.5, 0.6) is 0 Å². The number of nitro groups is 1. The van der Waals surface area contributed by atoms with E-state index < -0.39 is 4.92 Å². The molecule has 1 aliphatic rings. The van der Waals surface area contributed by atoms with Gasteiger partial charge < -0.3 is 10.6 Å². The summed E-state index contributed by atoms with van der Waals surface area (Å²) in [6, 6.07) is 4.27. The zero-order valence-electron chi connectivity index (χ0n) is 10.6. The molecule has 2 heterocycles. The molecule has 0 bridgehead atoms. The zero-order chi connectivity index (χ0) is 14.1. The van der Waals surface area contributed by atoms with Crippen molar-refractivity contribution in [3.63, 3.8) is 0 Å². The first kappa shape index (κ1) is 12.8. The van der Waals surface area contributed by atoms with Gasteiger partial charge in [0.25, 0.3) is 0 Å². The molecule has 0 amide bonds. The van der Waals surface area contributed by atoms with Gasteiger partial charge in [-0.25, -0.2) is 4.98 Å². The van der Waals surface area contributed by atoms with E-state index >= 15 is 0 Å². The van der Waals surface area contributed by atoms with Crippen LogP contribution in [-0.2, 0) is 6.54 Å². The average Bonchev–Trinajstić information content (AvgIpc) is 3.12. The van der Waals surface area contributed by atoms with E-state index in [2.05, 4.69) is 9.97 Å². The number of nitrogens with zero attached hydrogens (tertiary/aromatic N) is 4. The highest BCUT2D eigenvalue weighted by Crippen LogP contribution is 2.37. The molecule has 3 rings (SSSR count). The second-order valence-corrected chi connectivity index (χ2v) is 5.66. The summed E-state index contributed by atoms with van der Waals surface area (Å²) in [5.41, 5.74) is 5.50. The minimum Gasteiger partial charge on any atom is -0.368 e. The normalized spacial score (nSPS) is 14.2. The molecule has 2 aromatic heterocycles. The fourth-order valence-electron chi connectivity index (χ4n) is 2.05. The summed E-state index contributed by atoms with van der Waals surface area (Å²) < 4.78 is 0. The van der Waals surface area contributed by atoms with Crippen molar-refractivity contribution < 1.29 is 4.92 Å². The maximum Gasteiger partial charge on any atom is 0.329 e. The Balaban J connectivity index is 1.98. The van der Waals surface area contributed by atoms with Crippen LogP contribution in [0.4, 0.5) is 17.5 Å². The van der Waals surface area contributed by atoms with E-state index in [0.29, 0.717) is 18.4 Å². The van der Waals surface area contributed by atoms with Gasteiger partial charge in [-0.3, -0.25) is 10.1 Å². The maximum atomic E-state index is 11.1. The summed E-state index contributed by atoms with van der Waals surface area (Å²) in [6.45, 7) is 0.611. The van der Waals surface area contributed by atoms with Crippen LogP contribution >= 0.6 is 11.3 Å². The SMILES string of the molecule is Nc1ncc([N+](=O)[O-])c(N(Cc2cccs2)C2CC2)n1. The van der Waals surface area contributed by atoms with Crippen molar-refractivity contribution in [1.82, 2.24) is 9.97 Å². The maximum absolute atomic E-state index is 11.1. The van der Waals surface area contributed by atoms with Crippen LogP contribution in [0, 0.1) is 10.1 Å². The summed E-state index contributed by atoms with van der Waals surface area (Å²) in [4.78, 5) is 21.6. The largest absolute Gasteiger partial charge is 0.368 e. The van der Waals surface area contributed by atoms with Gasteiger partial charge in [-0.05, 0) is 24.3 Å². The van der Waals surface area contributed by atoms with E-state index in [-0.39, 0.29) is 11.6 Å². The third-order valence-corrected chi connectivity index (χ3v) is 3.99. The van der Waals surface area contributed by atoms with E-state index in [4.69, 9.17) is 5.73 Å². The average molecular weight is 291 g/mol. The summed E-state index contributed by atoms with van der Waals surface area (Å²) >= 11 is 1.62. The molecule has 0 saturated heterocycles. The van der Waals surface area contributed by atoms with E-state index in [1.165, 1.54) is 6.20 Å². The number of nitrogen functional groups attached to an aromatic ring is 1. The first-order valence-corrected chi connectivity index (χ1v) is 7.09. The third kappa shape index (κ3) is 2.55. The monoisotopic (exact) mass is 291 g/mol. The molecule has 0 unspecified atom stereocenters. The van der Waals surface area contributed by atoms with Gasteiger partial charge in [0.05, 0.1) is 11.5 Å². The van der Waals surface area contributed by atoms with E-state index in [0.717, 1.165) is 17.7 Å². The molecule has 20 heavy (non-hydrogen) atoms. The number of anilines is 2. The predicted octanol–water partition coefficient (Wildman–Crippen LogP) is 2.20. The topological polar surface area (TPSA) is 98.2 Å². The van der Waals surface area contributed by atoms with Crippen molar-refractivity contribution in [2.24, 2.45) is 0 Å². The van der Waals surface area contributed by atoms with Gasteiger partial charge in [0.1, 0.15) is 6.20 Å². The van der Waals surface area contributed by atoms with Gasteiger partial charge >= 0.3 is 5.69 Å². The fraction of sp³-hybridized carbons (Fsp3) is 0.333. The molecule has 7 nitrogen and oxygen atoms in total. The number of hydrogen-bond acceptors (Lipinski definition) is 7. The molecule has 0 spiro atoms. The molecule has 1 saturated carbocycles. The van der Waals surface area contributed by atoms with Crippen LogP contribution in [0.25, 0.3) is 0 Å². The van der Waals surface area contributed by atoms with Crippen LogP contribution in [-0.4, -0.2) is 20.9 Å². The smallest absolute Gasteiger partial charge is 0.329 e. The van der Waals surface area contributed by atoms with Gasteiger partial charge in [-0.2, -0.15) is 4.98 Å². The molecular weight excluding hydrogens is 278 g/mol. The zero-order valence-corrected chi connectivity index (χ0v) is 11.4. The lowest BCUT2D eigenvalue weighted by atomic mass is 10.3. The standard InChI is InChI=1S/C12H13N5O2S/c13-12-14-6-10(17(18)19)11(15-12)16(8-3-4-8)7-9-2-1-5-20-9/h1-2,5-6,8H,3-4,7H2,(H2,13,14,15). The Hall–Kier alpha value is -2.22. The second-order valence-electron chi connectivity index (χ2n) is 4.63. The van der Waals surface area contributed by atoms with Crippen LogP contribution < -0.4 is 10.6 Å². The Morgan fingerprint density at radius 1 is 1.55 bits per heavy atom. The quantitative estimate of drug-likeness (QED) is 0.669. The van der Waals surface area contributed by atoms with Crippen molar-refractivity contribution >= 4 is 28.8 Å². The van der Waals surface area contributed by atoms with Crippen molar-refractivity contribution in [1.29, 1.82) is 0 Å². The molecular formula is C12H13N5O2S. The van der Waals surface area contributed by atoms with E-state index in [9.17, 15) is 10.1 Å². The molecule has 1 fully saturated rings. The number of hydrogen-bond donors (Lipinski definition) is 1. The van der Waals surface area contributed by atoms with E-state index in [1.54, 1.807) is 11.3 Å². The number of rotatable bonds is 5. The Morgan fingerprint density at radius 3 is 2.95 bits per heavy atom. The number of nitrogens with two attached hydrogens (primary N) is 1. The van der Waals surface area contributed by atoms with Gasteiger partial charge in [-0.15, -0.1) is 11.3 Å². The number of aromatic nitrogens is 2. The highest BCUT2D eigenvalue weighted by molar-refractivity contribution is 7.09. The summed E-state index contributed by atoms with van der Waals surface area (Å²) in [6.07, 6.45) is 3.22. The highest BCUT2D eigenvalue weighted by Gasteiger charge is 2.34. The third-order valence-electron chi connectivity index (χ3n) is 3.13. The van der Waals surface area contributed by atoms with Gasteiger partial charge in [-0.1, -0.05) is 6.07 Å². The minimum absolute atomic E-state index is 0.0578. The van der Waals surface area contributed by atoms with Gasteiger partial charge in [0, 0.05) is 10.9 Å². The molecule has 0 aromatic carbocycles. The fourth-order valence-corrected chi connectivity index (χ4v) is 2.76. The first-order valence-electron chi connectivity index (χ1n) is 6.21. The molecule has 2 N–H and O–H groups in total. The predicted molar refractivity (Wildman–Crippen MR) is 76.6 cm³/mol. The highest BCUT2D eigenvalue weighted by atomic mass is 32.1. The lowest BCUT2D eigenvalue weighted by Gasteiger charge is -2.22. The van der Waals surface area contributed by atoms with Crippen LogP contribution in [0.15, 0.2) is 23.7 Å². The second kappa shape index (κ2) is 5.04. The Morgan fingerprint density at radius 2 is 2.35 bits per heavy atom. The Bertz CT molecular complexity index is 627. The summed E-state index contributed by atoms with van der Waals surface area (Å²) in [5.74, 6) is 0.376. The Kier molecular flexibility index (Phi) is 3.23. The first-order chi connectivity index (χ1) is 9.65. The lowest BCUT2D eigenvalue weighted by Crippen LogP contribution is -2.27. The molecule has 104 valence electrons. The molecule has 2 aromatic rings. The molecule has 0 aliphatic heterocycles. The van der Waals surface area contributed by atoms with Gasteiger partial charge in [0.2, 0.25) is 11.8 Å². The van der Waals surface area contributed by atoms with Crippen molar-refractivity contribution in [2.75, 3.05) is 10.6 Å². The van der Waals surface area contributed by atoms with Crippen molar-refractivity contribution in [2.45, 2.75) is 25.4 Å². The minimum atomic E-state index is -0.460. The molecule has 0 atom stereocenters. The molecule has 1 aliphatic carbocycles. The Labute approximate surface area is 119 Å². The number of thiophene rings is 1. The van der Waals surface area contributed by atoms with Crippen LogP contribution in [0.2, 0.25) is 0 Å². The van der Waals surface area contributed by atoms with Crippen molar-refractivity contribution in [3.8, 4) is 0 Å².